The first-order chi connectivity index (χ1) is 12.0. The first-order valence-corrected chi connectivity index (χ1v) is 9.10. The zero-order chi connectivity index (χ0) is 17.8. The SMILES string of the molecule is Cc1cc(F)ccc1NC(=O)c1ccccc1Sc1ccc(Br)cn1. The van der Waals surface area contributed by atoms with E-state index in [0.717, 1.165) is 14.4 Å². The van der Waals surface area contributed by atoms with Crippen molar-refractivity contribution in [1.29, 1.82) is 0 Å². The van der Waals surface area contributed by atoms with Crippen molar-refractivity contribution in [2.24, 2.45) is 0 Å². The summed E-state index contributed by atoms with van der Waals surface area (Å²) in [6, 6.07) is 15.4. The van der Waals surface area contributed by atoms with Crippen LogP contribution in [0.2, 0.25) is 0 Å². The van der Waals surface area contributed by atoms with Gasteiger partial charge in [0, 0.05) is 21.3 Å². The highest BCUT2D eigenvalue weighted by Gasteiger charge is 2.14. The van der Waals surface area contributed by atoms with E-state index in [9.17, 15) is 9.18 Å². The number of pyridine rings is 1. The molecular formula is C19H14BrFN2OS. The minimum atomic E-state index is -0.326. The molecule has 3 aromatic rings. The zero-order valence-electron chi connectivity index (χ0n) is 13.3. The van der Waals surface area contributed by atoms with Gasteiger partial charge >= 0.3 is 0 Å². The molecule has 0 spiro atoms. The monoisotopic (exact) mass is 416 g/mol. The summed E-state index contributed by atoms with van der Waals surface area (Å²) in [4.78, 5) is 17.8. The number of hydrogen-bond donors (Lipinski definition) is 1. The molecule has 0 radical (unpaired) electrons. The Hall–Kier alpha value is -2.18. The highest BCUT2D eigenvalue weighted by atomic mass is 79.9. The number of aryl methyl sites for hydroxylation is 1. The normalized spacial score (nSPS) is 10.5. The zero-order valence-corrected chi connectivity index (χ0v) is 15.7. The fourth-order valence-electron chi connectivity index (χ4n) is 2.24. The Bertz CT molecular complexity index is 916. The van der Waals surface area contributed by atoms with Gasteiger partial charge in [0.2, 0.25) is 0 Å². The van der Waals surface area contributed by atoms with Gasteiger partial charge in [0.1, 0.15) is 10.8 Å². The molecule has 0 saturated carbocycles. The molecule has 0 unspecified atom stereocenters. The van der Waals surface area contributed by atoms with Crippen LogP contribution in [0.5, 0.6) is 0 Å². The van der Waals surface area contributed by atoms with E-state index in [0.29, 0.717) is 16.8 Å². The van der Waals surface area contributed by atoms with Crippen LogP contribution in [0.1, 0.15) is 15.9 Å². The lowest BCUT2D eigenvalue weighted by Crippen LogP contribution is -2.13. The molecule has 0 aliphatic heterocycles. The summed E-state index contributed by atoms with van der Waals surface area (Å²) in [6.45, 7) is 1.76. The van der Waals surface area contributed by atoms with Crippen LogP contribution in [0, 0.1) is 12.7 Å². The van der Waals surface area contributed by atoms with Gasteiger partial charge in [-0.25, -0.2) is 9.37 Å². The van der Waals surface area contributed by atoms with Gasteiger partial charge in [0.25, 0.3) is 5.91 Å². The topological polar surface area (TPSA) is 42.0 Å². The third kappa shape index (κ3) is 4.46. The van der Waals surface area contributed by atoms with E-state index in [2.05, 4.69) is 26.2 Å². The fourth-order valence-corrected chi connectivity index (χ4v) is 3.35. The van der Waals surface area contributed by atoms with Gasteiger partial charge in [0.15, 0.2) is 0 Å². The lowest BCUT2D eigenvalue weighted by atomic mass is 10.1. The van der Waals surface area contributed by atoms with Gasteiger partial charge in [-0.3, -0.25) is 4.79 Å². The van der Waals surface area contributed by atoms with Gasteiger partial charge in [-0.15, -0.1) is 0 Å². The molecule has 0 bridgehead atoms. The second-order valence-corrected chi connectivity index (χ2v) is 7.30. The van der Waals surface area contributed by atoms with Gasteiger partial charge in [0.05, 0.1) is 5.56 Å². The van der Waals surface area contributed by atoms with Gasteiger partial charge in [-0.1, -0.05) is 23.9 Å². The Balaban J connectivity index is 1.84. The molecule has 3 nitrogen and oxygen atoms in total. The van der Waals surface area contributed by atoms with E-state index < -0.39 is 0 Å². The number of aromatic nitrogens is 1. The number of nitrogens with one attached hydrogen (secondary N) is 1. The Kier molecular flexibility index (Phi) is 5.50. The molecule has 2 aromatic carbocycles. The summed E-state index contributed by atoms with van der Waals surface area (Å²) < 4.78 is 14.1. The largest absolute Gasteiger partial charge is 0.322 e. The van der Waals surface area contributed by atoms with Crippen LogP contribution in [0.15, 0.2) is 75.2 Å². The van der Waals surface area contributed by atoms with E-state index >= 15 is 0 Å². The molecular weight excluding hydrogens is 403 g/mol. The number of amides is 1. The van der Waals surface area contributed by atoms with Gasteiger partial charge in [-0.05, 0) is 70.9 Å². The number of hydrogen-bond acceptors (Lipinski definition) is 3. The molecule has 0 aliphatic rings. The van der Waals surface area contributed by atoms with Crippen LogP contribution in [0.25, 0.3) is 0 Å². The lowest BCUT2D eigenvalue weighted by Gasteiger charge is -2.11. The first-order valence-electron chi connectivity index (χ1n) is 7.49. The van der Waals surface area contributed by atoms with Crippen LogP contribution >= 0.6 is 27.7 Å². The van der Waals surface area contributed by atoms with Crippen LogP contribution < -0.4 is 5.32 Å². The minimum absolute atomic E-state index is 0.241. The summed E-state index contributed by atoms with van der Waals surface area (Å²) >= 11 is 4.77. The van der Waals surface area contributed by atoms with E-state index in [-0.39, 0.29) is 11.7 Å². The predicted octanol–water partition coefficient (Wildman–Crippen LogP) is 5.70. The molecule has 0 aliphatic carbocycles. The molecule has 0 saturated heterocycles. The number of rotatable bonds is 4. The van der Waals surface area contributed by atoms with Crippen LogP contribution in [-0.4, -0.2) is 10.9 Å². The van der Waals surface area contributed by atoms with Crippen molar-refractivity contribution in [2.45, 2.75) is 16.8 Å². The quantitative estimate of drug-likeness (QED) is 0.593. The highest BCUT2D eigenvalue weighted by molar-refractivity contribution is 9.10. The number of anilines is 1. The predicted molar refractivity (Wildman–Crippen MR) is 102 cm³/mol. The molecule has 3 rings (SSSR count). The lowest BCUT2D eigenvalue weighted by molar-refractivity contribution is 0.102. The van der Waals surface area contributed by atoms with Crippen LogP contribution in [-0.2, 0) is 0 Å². The van der Waals surface area contributed by atoms with Crippen molar-refractivity contribution in [1.82, 2.24) is 4.98 Å². The maximum absolute atomic E-state index is 13.2. The highest BCUT2D eigenvalue weighted by Crippen LogP contribution is 2.30. The van der Waals surface area contributed by atoms with Gasteiger partial charge < -0.3 is 5.32 Å². The molecule has 6 heteroatoms. The summed E-state index contributed by atoms with van der Waals surface area (Å²) in [6.07, 6.45) is 1.72. The average Bonchev–Trinajstić information content (AvgIpc) is 2.60. The standard InChI is InChI=1S/C19H14BrFN2OS/c1-12-10-14(21)7-8-16(12)23-19(24)15-4-2-3-5-17(15)25-18-9-6-13(20)11-22-18/h2-11H,1H3,(H,23,24). The smallest absolute Gasteiger partial charge is 0.256 e. The van der Waals surface area contributed by atoms with Crippen molar-refractivity contribution in [3.8, 4) is 0 Å². The van der Waals surface area contributed by atoms with Crippen LogP contribution in [0.3, 0.4) is 0 Å². The van der Waals surface area contributed by atoms with E-state index in [4.69, 9.17) is 0 Å². The third-order valence-corrected chi connectivity index (χ3v) is 4.98. The summed E-state index contributed by atoms with van der Waals surface area (Å²) in [5.74, 6) is -0.567. The second kappa shape index (κ2) is 7.80. The maximum Gasteiger partial charge on any atom is 0.256 e. The molecule has 25 heavy (non-hydrogen) atoms. The third-order valence-electron chi connectivity index (χ3n) is 3.48. The Labute approximate surface area is 157 Å². The van der Waals surface area contributed by atoms with Gasteiger partial charge in [-0.2, -0.15) is 0 Å². The summed E-state index contributed by atoms with van der Waals surface area (Å²) in [5, 5.41) is 3.64. The van der Waals surface area contributed by atoms with E-state index in [1.165, 1.54) is 23.9 Å². The number of nitrogens with zero attached hydrogens (tertiary/aromatic N) is 1. The first kappa shape index (κ1) is 17.6. The molecule has 1 N–H and O–H groups in total. The molecule has 126 valence electrons. The Morgan fingerprint density at radius 1 is 1.16 bits per heavy atom. The fraction of sp³-hybridized carbons (Fsp3) is 0.0526. The number of halogens is 2. The number of carbonyl (C=O) groups excluding carboxylic acids is 1. The molecule has 1 amide bonds. The van der Waals surface area contributed by atoms with Crippen molar-refractivity contribution < 1.29 is 9.18 Å². The molecule has 1 aromatic heterocycles. The van der Waals surface area contributed by atoms with Crippen molar-refractivity contribution in [3.63, 3.8) is 0 Å². The number of benzene rings is 2. The minimum Gasteiger partial charge on any atom is -0.322 e. The average molecular weight is 417 g/mol. The second-order valence-electron chi connectivity index (χ2n) is 5.33. The van der Waals surface area contributed by atoms with Crippen molar-refractivity contribution in [2.75, 3.05) is 5.32 Å². The van der Waals surface area contributed by atoms with Crippen molar-refractivity contribution in [3.05, 3.63) is 82.2 Å². The molecule has 1 heterocycles. The summed E-state index contributed by atoms with van der Waals surface area (Å²) in [5.41, 5.74) is 1.81. The van der Waals surface area contributed by atoms with E-state index in [1.54, 1.807) is 25.3 Å². The summed E-state index contributed by atoms with van der Waals surface area (Å²) in [7, 11) is 0. The Morgan fingerprint density at radius 3 is 2.68 bits per heavy atom. The molecule has 0 fully saturated rings. The molecule has 0 atom stereocenters. The number of carbonyl (C=O) groups is 1. The Morgan fingerprint density at radius 2 is 1.96 bits per heavy atom. The van der Waals surface area contributed by atoms with E-state index in [1.807, 2.05) is 30.3 Å². The maximum atomic E-state index is 13.2. The van der Waals surface area contributed by atoms with Crippen molar-refractivity contribution >= 4 is 39.3 Å². The van der Waals surface area contributed by atoms with Crippen LogP contribution in [0.4, 0.5) is 10.1 Å².